The lowest BCUT2D eigenvalue weighted by Gasteiger charge is -2.11. The van der Waals surface area contributed by atoms with E-state index in [9.17, 15) is 4.79 Å². The van der Waals surface area contributed by atoms with Crippen molar-refractivity contribution in [3.8, 4) is 0 Å². The number of unbranched alkanes of at least 4 members (excludes halogenated alkanes) is 1. The van der Waals surface area contributed by atoms with Crippen molar-refractivity contribution in [1.29, 1.82) is 0 Å². The second-order valence-corrected chi connectivity index (χ2v) is 6.80. The number of nitrogens with two attached hydrogens (primary N) is 1. The van der Waals surface area contributed by atoms with Crippen LogP contribution in [0.5, 0.6) is 0 Å². The predicted octanol–water partition coefficient (Wildman–Crippen LogP) is 2.76. The van der Waals surface area contributed by atoms with E-state index in [1.165, 1.54) is 16.4 Å². The summed E-state index contributed by atoms with van der Waals surface area (Å²) < 4.78 is 1.48. The van der Waals surface area contributed by atoms with Gasteiger partial charge in [-0.1, -0.05) is 42.8 Å². The number of hydrogen-bond acceptors (Lipinski definition) is 5. The van der Waals surface area contributed by atoms with E-state index in [1.54, 1.807) is 0 Å². The number of aryl methyl sites for hydroxylation is 2. The molecule has 6 nitrogen and oxygen atoms in total. The molecule has 0 unspecified atom stereocenters. The van der Waals surface area contributed by atoms with Crippen molar-refractivity contribution in [2.45, 2.75) is 50.4 Å². The average Bonchev–Trinajstić information content (AvgIpc) is 2.88. The molecule has 0 saturated heterocycles. The van der Waals surface area contributed by atoms with Crippen molar-refractivity contribution < 1.29 is 4.79 Å². The van der Waals surface area contributed by atoms with Gasteiger partial charge in [-0.05, 0) is 32.4 Å². The van der Waals surface area contributed by atoms with Crippen molar-refractivity contribution in [3.63, 3.8) is 0 Å². The van der Waals surface area contributed by atoms with Gasteiger partial charge in [0.05, 0.1) is 5.25 Å². The van der Waals surface area contributed by atoms with Crippen molar-refractivity contribution in [2.75, 3.05) is 11.2 Å². The van der Waals surface area contributed by atoms with Crippen LogP contribution < -0.4 is 11.2 Å². The summed E-state index contributed by atoms with van der Waals surface area (Å²) in [6.07, 6.45) is 2.89. The highest BCUT2D eigenvalue weighted by Crippen LogP contribution is 2.22. The number of carbonyl (C=O) groups excluding carboxylic acids is 1. The third-order valence-corrected chi connectivity index (χ3v) is 4.52. The van der Waals surface area contributed by atoms with Crippen LogP contribution in [0.3, 0.4) is 0 Å². The van der Waals surface area contributed by atoms with Crippen molar-refractivity contribution in [1.82, 2.24) is 14.9 Å². The molecule has 1 aromatic heterocycles. The van der Waals surface area contributed by atoms with Gasteiger partial charge >= 0.3 is 0 Å². The summed E-state index contributed by atoms with van der Waals surface area (Å²) in [4.78, 5) is 12.3. The molecule has 0 radical (unpaired) electrons. The first-order valence-electron chi connectivity index (χ1n) is 7.74. The zero-order chi connectivity index (χ0) is 16.8. The number of carbonyl (C=O) groups is 1. The topological polar surface area (TPSA) is 85.8 Å². The Morgan fingerprint density at radius 2 is 2.04 bits per heavy atom. The molecule has 0 aliphatic heterocycles. The van der Waals surface area contributed by atoms with Crippen molar-refractivity contribution in [2.24, 2.45) is 0 Å². The van der Waals surface area contributed by atoms with E-state index in [1.807, 2.05) is 38.1 Å². The van der Waals surface area contributed by atoms with Crippen LogP contribution in [0.2, 0.25) is 0 Å². The number of nitrogens with zero attached hydrogens (tertiary/aromatic N) is 3. The number of nitrogens with one attached hydrogen (secondary N) is 1. The lowest BCUT2D eigenvalue weighted by molar-refractivity contribution is -0.115. The zero-order valence-corrected chi connectivity index (χ0v) is 14.6. The maximum Gasteiger partial charge on any atom is 0.237 e. The number of rotatable bonds is 7. The molecule has 0 aliphatic carbocycles. The van der Waals surface area contributed by atoms with Crippen LogP contribution in [0.15, 0.2) is 29.4 Å². The highest BCUT2D eigenvalue weighted by molar-refractivity contribution is 8.00. The second kappa shape index (κ2) is 8.01. The van der Waals surface area contributed by atoms with Crippen LogP contribution in [-0.2, 0) is 11.2 Å². The van der Waals surface area contributed by atoms with Gasteiger partial charge in [-0.3, -0.25) is 4.79 Å². The molecule has 1 heterocycles. The molecule has 0 bridgehead atoms. The number of nitrogen functional groups attached to an aromatic ring is 1. The summed E-state index contributed by atoms with van der Waals surface area (Å²) in [7, 11) is 0. The van der Waals surface area contributed by atoms with E-state index in [2.05, 4.69) is 22.4 Å². The molecule has 7 heteroatoms. The minimum absolute atomic E-state index is 0.0861. The Morgan fingerprint density at radius 1 is 1.35 bits per heavy atom. The average molecular weight is 333 g/mol. The number of thioether (sulfide) groups is 1. The maximum absolute atomic E-state index is 12.3. The van der Waals surface area contributed by atoms with E-state index in [0.717, 1.165) is 36.3 Å². The summed E-state index contributed by atoms with van der Waals surface area (Å²) in [5.41, 5.74) is 1.94. The molecule has 1 aromatic carbocycles. The summed E-state index contributed by atoms with van der Waals surface area (Å²) in [5, 5.41) is 11.3. The van der Waals surface area contributed by atoms with Crippen LogP contribution in [0.25, 0.3) is 0 Å². The number of amides is 1. The summed E-state index contributed by atoms with van der Waals surface area (Å²) in [6.45, 7) is 5.95. The van der Waals surface area contributed by atoms with Gasteiger partial charge in [-0.25, -0.2) is 4.68 Å². The van der Waals surface area contributed by atoms with E-state index in [-0.39, 0.29) is 11.2 Å². The summed E-state index contributed by atoms with van der Waals surface area (Å²) in [5.74, 6) is 6.67. The minimum atomic E-state index is -0.318. The first-order valence-corrected chi connectivity index (χ1v) is 8.62. The SMILES string of the molecule is CCCCc1nnc(S[C@@H](C)C(=O)Nc2ccc(C)cc2)n1N. The van der Waals surface area contributed by atoms with Crippen molar-refractivity contribution >= 4 is 23.4 Å². The minimum Gasteiger partial charge on any atom is -0.336 e. The third-order valence-electron chi connectivity index (χ3n) is 3.46. The molecule has 0 saturated carbocycles. The number of hydrogen-bond donors (Lipinski definition) is 2. The molecule has 3 N–H and O–H groups in total. The highest BCUT2D eigenvalue weighted by Gasteiger charge is 2.19. The molecule has 0 aliphatic rings. The van der Waals surface area contributed by atoms with Crippen LogP contribution in [0, 0.1) is 6.92 Å². The van der Waals surface area contributed by atoms with E-state index in [4.69, 9.17) is 5.84 Å². The van der Waals surface area contributed by atoms with Gasteiger partial charge in [-0.15, -0.1) is 10.2 Å². The summed E-state index contributed by atoms with van der Waals surface area (Å²) >= 11 is 1.31. The Morgan fingerprint density at radius 3 is 2.70 bits per heavy atom. The highest BCUT2D eigenvalue weighted by atomic mass is 32.2. The normalized spacial score (nSPS) is 12.1. The lowest BCUT2D eigenvalue weighted by atomic mass is 10.2. The first kappa shape index (κ1) is 17.3. The van der Waals surface area contributed by atoms with Crippen LogP contribution in [0.1, 0.15) is 38.1 Å². The molecule has 2 aromatic rings. The molecular weight excluding hydrogens is 310 g/mol. The predicted molar refractivity (Wildman–Crippen MR) is 93.9 cm³/mol. The zero-order valence-electron chi connectivity index (χ0n) is 13.7. The van der Waals surface area contributed by atoms with Gasteiger partial charge in [-0.2, -0.15) is 0 Å². The van der Waals surface area contributed by atoms with Crippen LogP contribution in [0.4, 0.5) is 5.69 Å². The number of benzene rings is 1. The fourth-order valence-electron chi connectivity index (χ4n) is 1.99. The van der Waals surface area contributed by atoms with Gasteiger partial charge < -0.3 is 11.2 Å². The fraction of sp³-hybridized carbons (Fsp3) is 0.438. The quantitative estimate of drug-likeness (QED) is 0.601. The Kier molecular flexibility index (Phi) is 6.04. The monoisotopic (exact) mass is 333 g/mol. The molecular formula is C16H23N5OS. The molecule has 0 fully saturated rings. The molecule has 0 spiro atoms. The van der Waals surface area contributed by atoms with Crippen LogP contribution in [-0.4, -0.2) is 26.0 Å². The molecule has 23 heavy (non-hydrogen) atoms. The van der Waals surface area contributed by atoms with E-state index >= 15 is 0 Å². The van der Waals surface area contributed by atoms with Gasteiger partial charge in [0.1, 0.15) is 0 Å². The van der Waals surface area contributed by atoms with E-state index in [0.29, 0.717) is 5.16 Å². The third kappa shape index (κ3) is 4.72. The fourth-order valence-corrected chi connectivity index (χ4v) is 2.77. The Balaban J connectivity index is 1.95. The Labute approximate surface area is 140 Å². The standard InChI is InChI=1S/C16H23N5OS/c1-4-5-6-14-19-20-16(21(14)17)23-12(3)15(22)18-13-9-7-11(2)8-10-13/h7-10,12H,4-6,17H2,1-3H3,(H,18,22)/t12-/m0/s1. The van der Waals surface area contributed by atoms with Crippen LogP contribution >= 0.6 is 11.8 Å². The largest absolute Gasteiger partial charge is 0.336 e. The maximum atomic E-state index is 12.3. The summed E-state index contributed by atoms with van der Waals surface area (Å²) in [6, 6.07) is 7.70. The molecule has 124 valence electrons. The van der Waals surface area contributed by atoms with Crippen molar-refractivity contribution in [3.05, 3.63) is 35.7 Å². The van der Waals surface area contributed by atoms with Gasteiger partial charge in [0.15, 0.2) is 5.82 Å². The van der Waals surface area contributed by atoms with Gasteiger partial charge in [0.2, 0.25) is 11.1 Å². The smallest absolute Gasteiger partial charge is 0.237 e. The second-order valence-electron chi connectivity index (χ2n) is 5.49. The van der Waals surface area contributed by atoms with Gasteiger partial charge in [0.25, 0.3) is 0 Å². The van der Waals surface area contributed by atoms with Gasteiger partial charge in [0, 0.05) is 12.1 Å². The molecule has 1 amide bonds. The first-order chi connectivity index (χ1) is 11.0. The molecule has 2 rings (SSSR count). The van der Waals surface area contributed by atoms with E-state index < -0.39 is 0 Å². The lowest BCUT2D eigenvalue weighted by Crippen LogP contribution is -2.23. The molecule has 1 atom stereocenters. The Bertz CT molecular complexity index is 653. The number of aromatic nitrogens is 3. The number of anilines is 1. The Hall–Kier alpha value is -2.02.